The molecule has 1 saturated carbocycles. The number of amides is 1. The Labute approximate surface area is 208 Å². The lowest BCUT2D eigenvalue weighted by atomic mass is 9.91. The summed E-state index contributed by atoms with van der Waals surface area (Å²) in [5.74, 6) is 0.0455. The number of carbonyl (C=O) groups excluding carboxylic acids is 1. The number of fused-ring (bicyclic) bond motifs is 1. The van der Waals surface area contributed by atoms with Crippen molar-refractivity contribution in [3.63, 3.8) is 0 Å². The van der Waals surface area contributed by atoms with Gasteiger partial charge in [-0.15, -0.1) is 11.3 Å². The van der Waals surface area contributed by atoms with Crippen LogP contribution in [0, 0.1) is 0 Å². The number of hydrogen-bond donors (Lipinski definition) is 0. The molecule has 3 aliphatic rings. The molecule has 1 saturated heterocycles. The van der Waals surface area contributed by atoms with Gasteiger partial charge in [-0.25, -0.2) is 4.98 Å². The lowest BCUT2D eigenvalue weighted by molar-refractivity contribution is -0.143. The third-order valence-electron chi connectivity index (χ3n) is 7.26. The number of hydrogen-bond acceptors (Lipinski definition) is 5. The molecular weight excluding hydrogens is 506 g/mol. The first-order valence-electron chi connectivity index (χ1n) is 12.0. The van der Waals surface area contributed by atoms with Crippen LogP contribution >= 0.6 is 11.3 Å². The van der Waals surface area contributed by atoms with Gasteiger partial charge >= 0.3 is 12.4 Å². The SMILES string of the molecule is O=C(CN1CCc2nc(-c3cc(C(F)(F)F)cc(C(F)(F)F)c3)sc2C1)N1CCN(C2CCC2)CC1. The van der Waals surface area contributed by atoms with Crippen LogP contribution in [0.25, 0.3) is 10.6 Å². The van der Waals surface area contributed by atoms with Gasteiger partial charge in [0.05, 0.1) is 23.4 Å². The molecule has 1 amide bonds. The van der Waals surface area contributed by atoms with Crippen LogP contribution < -0.4 is 0 Å². The fourth-order valence-corrected chi connectivity index (χ4v) is 6.10. The normalized spacial score (nSPS) is 20.3. The Morgan fingerprint density at radius 3 is 2.14 bits per heavy atom. The molecule has 2 aliphatic heterocycles. The van der Waals surface area contributed by atoms with Gasteiger partial charge in [0.15, 0.2) is 0 Å². The fourth-order valence-electron chi connectivity index (χ4n) is 4.96. The van der Waals surface area contributed by atoms with Gasteiger partial charge in [0.2, 0.25) is 5.91 Å². The summed E-state index contributed by atoms with van der Waals surface area (Å²) >= 11 is 1.09. The molecule has 196 valence electrons. The van der Waals surface area contributed by atoms with E-state index in [-0.39, 0.29) is 29.1 Å². The number of rotatable bonds is 4. The summed E-state index contributed by atoms with van der Waals surface area (Å²) in [5, 5.41) is 0.122. The highest BCUT2D eigenvalue weighted by atomic mass is 32.1. The van der Waals surface area contributed by atoms with Crippen molar-refractivity contribution in [3.05, 3.63) is 39.9 Å². The third-order valence-corrected chi connectivity index (χ3v) is 8.39. The fraction of sp³-hybridized carbons (Fsp3) is 0.583. The van der Waals surface area contributed by atoms with Crippen molar-refractivity contribution in [1.82, 2.24) is 19.7 Å². The first kappa shape index (κ1) is 25.5. The maximum absolute atomic E-state index is 13.3. The summed E-state index contributed by atoms with van der Waals surface area (Å²) in [4.78, 5) is 24.3. The van der Waals surface area contributed by atoms with E-state index in [2.05, 4.69) is 9.88 Å². The van der Waals surface area contributed by atoms with Gasteiger partial charge < -0.3 is 4.90 Å². The highest BCUT2D eigenvalue weighted by molar-refractivity contribution is 7.15. The smallest absolute Gasteiger partial charge is 0.339 e. The van der Waals surface area contributed by atoms with Crippen LogP contribution in [-0.4, -0.2) is 70.9 Å². The largest absolute Gasteiger partial charge is 0.416 e. The van der Waals surface area contributed by atoms with E-state index >= 15 is 0 Å². The Morgan fingerprint density at radius 2 is 1.58 bits per heavy atom. The Balaban J connectivity index is 1.26. The molecule has 1 aliphatic carbocycles. The number of alkyl halides is 6. The maximum Gasteiger partial charge on any atom is 0.416 e. The molecule has 0 radical (unpaired) electrons. The Morgan fingerprint density at radius 1 is 0.944 bits per heavy atom. The summed E-state index contributed by atoms with van der Waals surface area (Å²) in [6.07, 6.45) is -5.59. The average Bonchev–Trinajstić information content (AvgIpc) is 3.20. The van der Waals surface area contributed by atoms with Crippen molar-refractivity contribution in [2.45, 2.75) is 50.6 Å². The number of aromatic nitrogens is 1. The topological polar surface area (TPSA) is 39.7 Å². The van der Waals surface area contributed by atoms with Gasteiger partial charge in [0, 0.05) is 62.2 Å². The number of carbonyl (C=O) groups is 1. The maximum atomic E-state index is 13.3. The third kappa shape index (κ3) is 5.40. The lowest BCUT2D eigenvalue weighted by Gasteiger charge is -2.43. The van der Waals surface area contributed by atoms with Crippen LogP contribution in [0.3, 0.4) is 0 Å². The Hall–Kier alpha value is -2.18. The van der Waals surface area contributed by atoms with E-state index in [1.165, 1.54) is 19.3 Å². The molecule has 0 N–H and O–H groups in total. The standard InChI is InChI=1S/C24H26F6N4OS/c25-23(26,27)16-10-15(11-17(12-16)24(28,29)30)22-31-19-4-5-32(13-20(19)36-22)14-21(35)34-8-6-33(7-9-34)18-2-1-3-18/h10-12,18H,1-9,13-14H2. The second kappa shape index (κ2) is 9.60. The van der Waals surface area contributed by atoms with Gasteiger partial charge in [0.25, 0.3) is 0 Å². The highest BCUT2D eigenvalue weighted by Gasteiger charge is 2.37. The number of piperazine rings is 1. The van der Waals surface area contributed by atoms with Gasteiger partial charge in [0.1, 0.15) is 5.01 Å². The van der Waals surface area contributed by atoms with Crippen molar-refractivity contribution in [3.8, 4) is 10.6 Å². The number of halogens is 6. The average molecular weight is 533 g/mol. The molecule has 2 aromatic rings. The van der Waals surface area contributed by atoms with E-state index in [1.807, 2.05) is 9.80 Å². The zero-order valence-electron chi connectivity index (χ0n) is 19.5. The quantitative estimate of drug-likeness (QED) is 0.526. The first-order chi connectivity index (χ1) is 17.0. The van der Waals surface area contributed by atoms with E-state index in [1.54, 1.807) is 0 Å². The van der Waals surface area contributed by atoms with Crippen LogP contribution in [-0.2, 0) is 30.1 Å². The second-order valence-corrected chi connectivity index (χ2v) is 10.7. The minimum Gasteiger partial charge on any atom is -0.339 e. The number of benzene rings is 1. The van der Waals surface area contributed by atoms with Gasteiger partial charge in [-0.1, -0.05) is 6.42 Å². The van der Waals surface area contributed by atoms with E-state index in [0.717, 1.165) is 29.3 Å². The molecule has 3 heterocycles. The summed E-state index contributed by atoms with van der Waals surface area (Å²) < 4.78 is 79.5. The van der Waals surface area contributed by atoms with Crippen molar-refractivity contribution >= 4 is 17.2 Å². The van der Waals surface area contributed by atoms with E-state index in [9.17, 15) is 31.1 Å². The Bertz CT molecular complexity index is 1090. The predicted octanol–water partition coefficient (Wildman–Crippen LogP) is 4.90. The second-order valence-electron chi connectivity index (χ2n) is 9.65. The van der Waals surface area contributed by atoms with Crippen molar-refractivity contribution in [1.29, 1.82) is 0 Å². The zero-order chi connectivity index (χ0) is 25.7. The number of nitrogens with zero attached hydrogens (tertiary/aromatic N) is 4. The van der Waals surface area contributed by atoms with Crippen LogP contribution in [0.1, 0.15) is 41.0 Å². The molecule has 2 fully saturated rings. The van der Waals surface area contributed by atoms with Crippen molar-refractivity contribution in [2.24, 2.45) is 0 Å². The van der Waals surface area contributed by atoms with Crippen LogP contribution in [0.4, 0.5) is 26.3 Å². The summed E-state index contributed by atoms with van der Waals surface area (Å²) in [6.45, 7) is 4.36. The van der Waals surface area contributed by atoms with Crippen LogP contribution in [0.2, 0.25) is 0 Å². The monoisotopic (exact) mass is 532 g/mol. The summed E-state index contributed by atoms with van der Waals surface area (Å²) in [6, 6.07) is 2.21. The van der Waals surface area contributed by atoms with E-state index < -0.39 is 23.5 Å². The minimum absolute atomic E-state index is 0.0455. The lowest BCUT2D eigenvalue weighted by Crippen LogP contribution is -2.55. The molecule has 0 spiro atoms. The molecular formula is C24H26F6N4OS. The van der Waals surface area contributed by atoms with Gasteiger partial charge in [-0.3, -0.25) is 14.6 Å². The zero-order valence-corrected chi connectivity index (χ0v) is 20.3. The summed E-state index contributed by atoms with van der Waals surface area (Å²) in [7, 11) is 0. The molecule has 0 atom stereocenters. The number of thiazole rings is 1. The molecule has 1 aromatic carbocycles. The Kier molecular flexibility index (Phi) is 6.80. The highest BCUT2D eigenvalue weighted by Crippen LogP contribution is 2.40. The van der Waals surface area contributed by atoms with E-state index in [0.29, 0.717) is 56.5 Å². The molecule has 12 heteroatoms. The van der Waals surface area contributed by atoms with Crippen LogP contribution in [0.5, 0.6) is 0 Å². The summed E-state index contributed by atoms with van der Waals surface area (Å²) in [5.41, 5.74) is -2.25. The van der Waals surface area contributed by atoms with E-state index in [4.69, 9.17) is 0 Å². The first-order valence-corrected chi connectivity index (χ1v) is 12.8. The molecule has 5 rings (SSSR count). The minimum atomic E-state index is -4.91. The van der Waals surface area contributed by atoms with Crippen molar-refractivity contribution in [2.75, 3.05) is 39.3 Å². The van der Waals surface area contributed by atoms with Crippen LogP contribution in [0.15, 0.2) is 18.2 Å². The molecule has 36 heavy (non-hydrogen) atoms. The van der Waals surface area contributed by atoms with Gasteiger partial charge in [-0.2, -0.15) is 26.3 Å². The van der Waals surface area contributed by atoms with Crippen molar-refractivity contribution < 1.29 is 31.1 Å². The van der Waals surface area contributed by atoms with Gasteiger partial charge in [-0.05, 0) is 31.0 Å². The predicted molar refractivity (Wildman–Crippen MR) is 122 cm³/mol. The molecule has 0 unspecified atom stereocenters. The molecule has 5 nitrogen and oxygen atoms in total. The molecule has 0 bridgehead atoms. The molecule has 1 aromatic heterocycles.